The first-order valence-corrected chi connectivity index (χ1v) is 7.97. The fourth-order valence-corrected chi connectivity index (χ4v) is 2.31. The maximum absolute atomic E-state index is 12.0. The van der Waals surface area contributed by atoms with Gasteiger partial charge in [-0.3, -0.25) is 9.59 Å². The summed E-state index contributed by atoms with van der Waals surface area (Å²) in [6.07, 6.45) is -0.400. The van der Waals surface area contributed by atoms with E-state index in [0.717, 1.165) is 5.56 Å². The molecule has 2 N–H and O–H groups in total. The van der Waals surface area contributed by atoms with Gasteiger partial charge in [0.1, 0.15) is 11.5 Å². The summed E-state index contributed by atoms with van der Waals surface area (Å²) in [5.41, 5.74) is 1.34. The summed E-state index contributed by atoms with van der Waals surface area (Å²) in [6.45, 7) is 0.151. The molecule has 0 aromatic heterocycles. The van der Waals surface area contributed by atoms with E-state index in [0.29, 0.717) is 17.2 Å². The maximum atomic E-state index is 12.0. The number of ether oxygens (including phenoxy) is 3. The van der Waals surface area contributed by atoms with Gasteiger partial charge in [0.15, 0.2) is 0 Å². The number of carbonyl (C=O) groups excluding carboxylic acids is 2. The van der Waals surface area contributed by atoms with Gasteiger partial charge in [-0.2, -0.15) is 0 Å². The molecule has 0 aliphatic heterocycles. The lowest BCUT2D eigenvalue weighted by Gasteiger charge is -2.17. The number of benzene rings is 2. The van der Waals surface area contributed by atoms with Gasteiger partial charge >= 0.3 is 11.8 Å². The molecule has 0 saturated heterocycles. The van der Waals surface area contributed by atoms with Crippen LogP contribution in [0.4, 0.5) is 5.69 Å². The largest absolute Gasteiger partial charge is 0.497 e. The number of hydrogen-bond acceptors (Lipinski definition) is 5. The number of rotatable bonds is 7. The second kappa shape index (κ2) is 9.43. The van der Waals surface area contributed by atoms with E-state index in [2.05, 4.69) is 10.6 Å². The Bertz CT molecular complexity index is 746. The standard InChI is InChI=1S/C19H22N2O5/c1-24-15-9-7-14(8-10-15)21-19(23)18(22)20-12-17(26-3)13-5-4-6-16(11-13)25-2/h4-11,17H,12H2,1-3H3,(H,20,22)(H,21,23). The van der Waals surface area contributed by atoms with Crippen LogP contribution in [-0.2, 0) is 14.3 Å². The Labute approximate surface area is 152 Å². The highest BCUT2D eigenvalue weighted by Gasteiger charge is 2.17. The summed E-state index contributed by atoms with van der Waals surface area (Å²) in [5.74, 6) is -0.150. The van der Waals surface area contributed by atoms with Crippen LogP contribution < -0.4 is 20.1 Å². The third-order valence-corrected chi connectivity index (χ3v) is 3.75. The summed E-state index contributed by atoms with van der Waals surface area (Å²) in [7, 11) is 4.66. The zero-order valence-corrected chi connectivity index (χ0v) is 14.9. The number of amides is 2. The molecule has 0 aliphatic rings. The molecule has 1 atom stereocenters. The number of hydrogen-bond donors (Lipinski definition) is 2. The van der Waals surface area contributed by atoms with E-state index in [1.54, 1.807) is 38.5 Å². The average Bonchev–Trinajstić information content (AvgIpc) is 2.69. The van der Waals surface area contributed by atoms with Crippen LogP contribution in [0.25, 0.3) is 0 Å². The van der Waals surface area contributed by atoms with E-state index in [1.165, 1.54) is 7.11 Å². The maximum Gasteiger partial charge on any atom is 0.313 e. The summed E-state index contributed by atoms with van der Waals surface area (Å²) >= 11 is 0. The van der Waals surface area contributed by atoms with Crippen molar-refractivity contribution in [2.45, 2.75) is 6.10 Å². The lowest BCUT2D eigenvalue weighted by atomic mass is 10.1. The van der Waals surface area contributed by atoms with Crippen molar-refractivity contribution in [3.63, 3.8) is 0 Å². The van der Waals surface area contributed by atoms with Crippen LogP contribution in [0.1, 0.15) is 11.7 Å². The van der Waals surface area contributed by atoms with Gasteiger partial charge in [-0.15, -0.1) is 0 Å². The second-order valence-electron chi connectivity index (χ2n) is 5.39. The average molecular weight is 358 g/mol. The third-order valence-electron chi connectivity index (χ3n) is 3.75. The normalized spacial score (nSPS) is 11.3. The Kier molecular flexibility index (Phi) is 6.99. The van der Waals surface area contributed by atoms with Gasteiger partial charge in [0, 0.05) is 19.3 Å². The van der Waals surface area contributed by atoms with Crippen LogP contribution in [-0.4, -0.2) is 39.7 Å². The predicted octanol–water partition coefficient (Wildman–Crippen LogP) is 2.15. The van der Waals surface area contributed by atoms with E-state index in [9.17, 15) is 9.59 Å². The van der Waals surface area contributed by atoms with E-state index >= 15 is 0 Å². The molecule has 0 spiro atoms. The molecule has 1 unspecified atom stereocenters. The molecule has 2 amide bonds. The van der Waals surface area contributed by atoms with Crippen molar-refractivity contribution in [1.82, 2.24) is 5.32 Å². The Hall–Kier alpha value is -3.06. The Morgan fingerprint density at radius 2 is 1.62 bits per heavy atom. The molecule has 0 bridgehead atoms. The van der Waals surface area contributed by atoms with Gasteiger partial charge in [0.05, 0.1) is 20.3 Å². The number of methoxy groups -OCH3 is 3. The molecule has 138 valence electrons. The monoisotopic (exact) mass is 358 g/mol. The summed E-state index contributed by atoms with van der Waals surface area (Å²) in [6, 6.07) is 14.0. The molecular formula is C19H22N2O5. The summed E-state index contributed by atoms with van der Waals surface area (Å²) in [5, 5.41) is 5.10. The number of nitrogens with one attached hydrogen (secondary N) is 2. The Balaban J connectivity index is 1.91. The Morgan fingerprint density at radius 1 is 0.923 bits per heavy atom. The molecule has 7 nitrogen and oxygen atoms in total. The highest BCUT2D eigenvalue weighted by Crippen LogP contribution is 2.21. The molecule has 2 rings (SSSR count). The summed E-state index contributed by atoms with van der Waals surface area (Å²) in [4.78, 5) is 24.0. The first-order chi connectivity index (χ1) is 12.6. The van der Waals surface area contributed by atoms with Crippen molar-refractivity contribution in [2.24, 2.45) is 0 Å². The molecule has 0 fully saturated rings. The van der Waals surface area contributed by atoms with Crippen molar-refractivity contribution < 1.29 is 23.8 Å². The van der Waals surface area contributed by atoms with E-state index in [-0.39, 0.29) is 6.54 Å². The van der Waals surface area contributed by atoms with E-state index in [1.807, 2.05) is 24.3 Å². The van der Waals surface area contributed by atoms with Crippen molar-refractivity contribution in [3.8, 4) is 11.5 Å². The third kappa shape index (κ3) is 5.22. The van der Waals surface area contributed by atoms with Crippen molar-refractivity contribution >= 4 is 17.5 Å². The smallest absolute Gasteiger partial charge is 0.313 e. The molecule has 0 aliphatic carbocycles. The highest BCUT2D eigenvalue weighted by molar-refractivity contribution is 6.39. The minimum atomic E-state index is -0.754. The van der Waals surface area contributed by atoms with Gasteiger partial charge in [-0.25, -0.2) is 0 Å². The topological polar surface area (TPSA) is 85.9 Å². The lowest BCUT2D eigenvalue weighted by molar-refractivity contribution is -0.136. The number of anilines is 1. The molecule has 26 heavy (non-hydrogen) atoms. The second-order valence-corrected chi connectivity index (χ2v) is 5.39. The molecular weight excluding hydrogens is 336 g/mol. The van der Waals surface area contributed by atoms with Crippen molar-refractivity contribution in [2.75, 3.05) is 33.2 Å². The van der Waals surface area contributed by atoms with Gasteiger partial charge in [0.25, 0.3) is 0 Å². The zero-order valence-electron chi connectivity index (χ0n) is 14.9. The van der Waals surface area contributed by atoms with Crippen molar-refractivity contribution in [1.29, 1.82) is 0 Å². The summed E-state index contributed by atoms with van der Waals surface area (Å²) < 4.78 is 15.6. The first kappa shape index (κ1) is 19.3. The molecule has 0 radical (unpaired) electrons. The van der Waals surface area contributed by atoms with Crippen LogP contribution in [0.2, 0.25) is 0 Å². The fraction of sp³-hybridized carbons (Fsp3) is 0.263. The molecule has 0 saturated carbocycles. The van der Waals surface area contributed by atoms with Crippen molar-refractivity contribution in [3.05, 3.63) is 54.1 Å². The lowest BCUT2D eigenvalue weighted by Crippen LogP contribution is -2.37. The van der Waals surface area contributed by atoms with Crippen LogP contribution in [0.5, 0.6) is 11.5 Å². The first-order valence-electron chi connectivity index (χ1n) is 7.97. The minimum Gasteiger partial charge on any atom is -0.497 e. The fourth-order valence-electron chi connectivity index (χ4n) is 2.31. The van der Waals surface area contributed by atoms with Gasteiger partial charge in [0.2, 0.25) is 0 Å². The highest BCUT2D eigenvalue weighted by atomic mass is 16.5. The molecule has 2 aromatic rings. The SMILES string of the molecule is COc1ccc(NC(=O)C(=O)NCC(OC)c2cccc(OC)c2)cc1. The van der Waals surface area contributed by atoms with Gasteiger partial charge in [-0.1, -0.05) is 12.1 Å². The quantitative estimate of drug-likeness (QED) is 0.741. The van der Waals surface area contributed by atoms with E-state index < -0.39 is 17.9 Å². The van der Waals surface area contributed by atoms with Gasteiger partial charge in [-0.05, 0) is 42.0 Å². The van der Waals surface area contributed by atoms with Crippen LogP contribution >= 0.6 is 0 Å². The predicted molar refractivity (Wildman–Crippen MR) is 97.4 cm³/mol. The van der Waals surface area contributed by atoms with Crippen LogP contribution in [0.3, 0.4) is 0 Å². The Morgan fingerprint density at radius 3 is 2.23 bits per heavy atom. The van der Waals surface area contributed by atoms with Crippen LogP contribution in [0, 0.1) is 0 Å². The molecule has 7 heteroatoms. The molecule has 0 heterocycles. The minimum absolute atomic E-state index is 0.151. The van der Waals surface area contributed by atoms with Gasteiger partial charge < -0.3 is 24.8 Å². The number of carbonyl (C=O) groups is 2. The zero-order chi connectivity index (χ0) is 18.9. The molecule has 2 aromatic carbocycles. The van der Waals surface area contributed by atoms with Crippen LogP contribution in [0.15, 0.2) is 48.5 Å². The van der Waals surface area contributed by atoms with E-state index in [4.69, 9.17) is 14.2 Å².